The lowest BCUT2D eigenvalue weighted by Gasteiger charge is -2.17. The summed E-state index contributed by atoms with van der Waals surface area (Å²) in [5, 5.41) is 5.83. The van der Waals surface area contributed by atoms with E-state index in [-0.39, 0.29) is 11.9 Å². The Balaban J connectivity index is 2.78. The third-order valence-corrected chi connectivity index (χ3v) is 2.48. The van der Waals surface area contributed by atoms with Crippen molar-refractivity contribution in [3.8, 4) is 5.75 Å². The van der Waals surface area contributed by atoms with E-state index in [9.17, 15) is 4.79 Å². The smallest absolute Gasteiger partial charge is 0.242 e. The lowest BCUT2D eigenvalue weighted by atomic mass is 10.2. The summed E-state index contributed by atoms with van der Waals surface area (Å²) in [6.07, 6.45) is 0. The molecule has 0 saturated heterocycles. The van der Waals surface area contributed by atoms with Crippen molar-refractivity contribution in [2.24, 2.45) is 0 Å². The maximum Gasteiger partial charge on any atom is 0.242 e. The van der Waals surface area contributed by atoms with Crippen LogP contribution in [0.1, 0.15) is 20.8 Å². The Morgan fingerprint density at radius 2 is 2.17 bits per heavy atom. The van der Waals surface area contributed by atoms with Crippen LogP contribution < -0.4 is 21.1 Å². The number of hydrogen-bond acceptors (Lipinski definition) is 4. The molecule has 18 heavy (non-hydrogen) atoms. The molecule has 0 saturated carbocycles. The molecule has 0 radical (unpaired) electrons. The minimum absolute atomic E-state index is 0.0567. The van der Waals surface area contributed by atoms with Gasteiger partial charge in [-0.3, -0.25) is 4.79 Å². The van der Waals surface area contributed by atoms with Gasteiger partial charge in [0.2, 0.25) is 5.91 Å². The highest BCUT2D eigenvalue weighted by atomic mass is 16.5. The first kappa shape index (κ1) is 14.2. The fourth-order valence-corrected chi connectivity index (χ4v) is 1.58. The predicted octanol–water partition coefficient (Wildman–Crippen LogP) is 1.60. The van der Waals surface area contributed by atoms with Gasteiger partial charge in [0.25, 0.3) is 0 Å². The van der Waals surface area contributed by atoms with E-state index >= 15 is 0 Å². The molecular weight excluding hydrogens is 230 g/mol. The van der Waals surface area contributed by atoms with Gasteiger partial charge in [-0.2, -0.15) is 0 Å². The monoisotopic (exact) mass is 251 g/mol. The Morgan fingerprint density at radius 3 is 2.78 bits per heavy atom. The number of nitrogen functional groups attached to an aromatic ring is 1. The zero-order valence-electron chi connectivity index (χ0n) is 11.1. The van der Waals surface area contributed by atoms with Gasteiger partial charge in [0.05, 0.1) is 18.0 Å². The van der Waals surface area contributed by atoms with Gasteiger partial charge in [-0.15, -0.1) is 0 Å². The molecule has 0 aliphatic heterocycles. The number of anilines is 2. The number of nitrogens with two attached hydrogens (primary N) is 1. The Hall–Kier alpha value is -1.91. The number of para-hydroxylation sites is 1. The van der Waals surface area contributed by atoms with Crippen molar-refractivity contribution in [1.29, 1.82) is 0 Å². The van der Waals surface area contributed by atoms with Crippen LogP contribution in [0.25, 0.3) is 0 Å². The maximum atomic E-state index is 11.6. The second-order valence-electron chi connectivity index (χ2n) is 3.91. The normalized spacial score (nSPS) is 11.7. The first-order valence-corrected chi connectivity index (χ1v) is 6.15. The van der Waals surface area contributed by atoms with E-state index in [0.717, 1.165) is 0 Å². The van der Waals surface area contributed by atoms with Crippen LogP contribution in [-0.4, -0.2) is 25.1 Å². The number of hydrogen-bond donors (Lipinski definition) is 3. The number of rotatable bonds is 6. The van der Waals surface area contributed by atoms with Gasteiger partial charge in [-0.1, -0.05) is 6.07 Å². The number of carbonyl (C=O) groups is 1. The summed E-state index contributed by atoms with van der Waals surface area (Å²) in [4.78, 5) is 11.6. The van der Waals surface area contributed by atoms with Gasteiger partial charge in [0.15, 0.2) is 0 Å². The fraction of sp³-hybridized carbons (Fsp3) is 0.462. The Labute approximate surface area is 108 Å². The van der Waals surface area contributed by atoms with Crippen molar-refractivity contribution in [2.45, 2.75) is 26.8 Å². The number of benzene rings is 1. The molecule has 1 rings (SSSR count). The molecule has 0 fully saturated rings. The fourth-order valence-electron chi connectivity index (χ4n) is 1.58. The number of amides is 1. The molecule has 1 unspecified atom stereocenters. The topological polar surface area (TPSA) is 76.4 Å². The van der Waals surface area contributed by atoms with E-state index in [1.54, 1.807) is 13.0 Å². The van der Waals surface area contributed by atoms with Crippen LogP contribution in [0.3, 0.4) is 0 Å². The summed E-state index contributed by atoms with van der Waals surface area (Å²) >= 11 is 0. The SMILES string of the molecule is CCNC(=O)C(C)Nc1cccc(OCC)c1N. The summed E-state index contributed by atoms with van der Waals surface area (Å²) in [6, 6.07) is 5.13. The minimum atomic E-state index is -0.343. The molecule has 5 nitrogen and oxygen atoms in total. The largest absolute Gasteiger partial charge is 0.492 e. The van der Waals surface area contributed by atoms with E-state index in [1.165, 1.54) is 0 Å². The van der Waals surface area contributed by atoms with E-state index in [4.69, 9.17) is 10.5 Å². The second kappa shape index (κ2) is 6.74. The maximum absolute atomic E-state index is 11.6. The van der Waals surface area contributed by atoms with Crippen LogP contribution in [0.4, 0.5) is 11.4 Å². The van der Waals surface area contributed by atoms with E-state index in [1.807, 2.05) is 26.0 Å². The first-order valence-electron chi connectivity index (χ1n) is 6.15. The quantitative estimate of drug-likeness (QED) is 0.671. The van der Waals surface area contributed by atoms with Crippen LogP contribution in [0.5, 0.6) is 5.75 Å². The van der Waals surface area contributed by atoms with Crippen molar-refractivity contribution in [3.63, 3.8) is 0 Å². The zero-order chi connectivity index (χ0) is 13.5. The molecule has 1 amide bonds. The lowest BCUT2D eigenvalue weighted by Crippen LogP contribution is -2.37. The lowest BCUT2D eigenvalue weighted by molar-refractivity contribution is -0.121. The summed E-state index contributed by atoms with van der Waals surface area (Å²) in [5.41, 5.74) is 7.20. The zero-order valence-corrected chi connectivity index (χ0v) is 11.1. The predicted molar refractivity (Wildman–Crippen MR) is 73.8 cm³/mol. The molecule has 0 aliphatic carbocycles. The van der Waals surface area contributed by atoms with Crippen molar-refractivity contribution < 1.29 is 9.53 Å². The molecule has 100 valence electrons. The van der Waals surface area contributed by atoms with Crippen LogP contribution in [0.15, 0.2) is 18.2 Å². The van der Waals surface area contributed by atoms with Gasteiger partial charge in [-0.05, 0) is 32.9 Å². The first-order chi connectivity index (χ1) is 8.60. The van der Waals surface area contributed by atoms with Gasteiger partial charge >= 0.3 is 0 Å². The van der Waals surface area contributed by atoms with E-state index < -0.39 is 0 Å². The number of ether oxygens (including phenoxy) is 1. The third-order valence-electron chi connectivity index (χ3n) is 2.48. The highest BCUT2D eigenvalue weighted by Gasteiger charge is 2.14. The van der Waals surface area contributed by atoms with Crippen LogP contribution in [0.2, 0.25) is 0 Å². The van der Waals surface area contributed by atoms with Gasteiger partial charge in [-0.25, -0.2) is 0 Å². The van der Waals surface area contributed by atoms with Crippen molar-refractivity contribution in [2.75, 3.05) is 24.2 Å². The molecule has 0 heterocycles. The standard InChI is InChI=1S/C13H21N3O2/c1-4-15-13(17)9(3)16-10-7-6-8-11(12(10)14)18-5-2/h6-9,16H,4-5,14H2,1-3H3,(H,15,17). The molecule has 4 N–H and O–H groups in total. The highest BCUT2D eigenvalue weighted by Crippen LogP contribution is 2.29. The Morgan fingerprint density at radius 1 is 1.44 bits per heavy atom. The van der Waals surface area contributed by atoms with Crippen LogP contribution >= 0.6 is 0 Å². The number of likely N-dealkylation sites (N-methyl/N-ethyl adjacent to an activating group) is 1. The number of nitrogens with one attached hydrogen (secondary N) is 2. The second-order valence-corrected chi connectivity index (χ2v) is 3.91. The Kier molecular flexibility index (Phi) is 5.30. The van der Waals surface area contributed by atoms with E-state index in [0.29, 0.717) is 30.3 Å². The molecule has 1 aromatic carbocycles. The van der Waals surface area contributed by atoms with Gasteiger partial charge < -0.3 is 21.1 Å². The van der Waals surface area contributed by atoms with Crippen molar-refractivity contribution in [3.05, 3.63) is 18.2 Å². The van der Waals surface area contributed by atoms with Gasteiger partial charge in [0.1, 0.15) is 11.8 Å². The van der Waals surface area contributed by atoms with Crippen molar-refractivity contribution in [1.82, 2.24) is 5.32 Å². The van der Waals surface area contributed by atoms with Gasteiger partial charge in [0, 0.05) is 6.54 Å². The molecule has 0 aliphatic rings. The van der Waals surface area contributed by atoms with Crippen molar-refractivity contribution >= 4 is 17.3 Å². The Bertz CT molecular complexity index is 407. The number of carbonyl (C=O) groups excluding carboxylic acids is 1. The minimum Gasteiger partial charge on any atom is -0.492 e. The average molecular weight is 251 g/mol. The molecule has 0 spiro atoms. The van der Waals surface area contributed by atoms with Crippen LogP contribution in [0, 0.1) is 0 Å². The molecule has 1 atom stereocenters. The molecule has 1 aromatic rings. The summed E-state index contributed by atoms with van der Waals surface area (Å²) in [5.74, 6) is 0.573. The van der Waals surface area contributed by atoms with E-state index in [2.05, 4.69) is 10.6 Å². The summed E-state index contributed by atoms with van der Waals surface area (Å²) < 4.78 is 5.40. The molecular formula is C13H21N3O2. The average Bonchev–Trinajstić information content (AvgIpc) is 2.34. The summed E-state index contributed by atoms with van der Waals surface area (Å²) in [7, 11) is 0. The third kappa shape index (κ3) is 3.55. The highest BCUT2D eigenvalue weighted by molar-refractivity contribution is 5.86. The molecule has 5 heteroatoms. The summed E-state index contributed by atoms with van der Waals surface area (Å²) in [6.45, 7) is 6.74. The van der Waals surface area contributed by atoms with Crippen LogP contribution in [-0.2, 0) is 4.79 Å². The molecule has 0 aromatic heterocycles. The molecule has 0 bridgehead atoms.